The third-order valence-corrected chi connectivity index (χ3v) is 13.7. The number of ether oxygens (including phenoxy) is 2. The van der Waals surface area contributed by atoms with Gasteiger partial charge in [0.15, 0.2) is 0 Å². The van der Waals surface area contributed by atoms with Crippen molar-refractivity contribution < 1.29 is 38.9 Å². The van der Waals surface area contributed by atoms with E-state index in [1.165, 1.54) is 180 Å². The molecule has 1 aliphatic rings. The van der Waals surface area contributed by atoms with Crippen LogP contribution in [0.3, 0.4) is 0 Å². The molecule has 0 aromatic rings. The number of rotatable bonds is 50. The molecular weight excluding hydrogens is 857 g/mol. The summed E-state index contributed by atoms with van der Waals surface area (Å²) in [6.07, 6.45) is 38.4. The molecular formula is C56H108N4O8. The highest BCUT2D eigenvalue weighted by atomic mass is 16.5. The molecule has 0 aromatic carbocycles. The Morgan fingerprint density at radius 3 is 0.912 bits per heavy atom. The summed E-state index contributed by atoms with van der Waals surface area (Å²) >= 11 is 0. The Morgan fingerprint density at radius 2 is 0.662 bits per heavy atom. The number of unbranched alkanes of at least 4 members (excludes halogenated alkanes) is 28. The largest absolute Gasteiger partial charge is 0.463 e. The molecule has 68 heavy (non-hydrogen) atoms. The molecule has 0 radical (unpaired) electrons. The zero-order valence-corrected chi connectivity index (χ0v) is 44.7. The van der Waals surface area contributed by atoms with Crippen molar-refractivity contribution in [3.05, 3.63) is 0 Å². The van der Waals surface area contributed by atoms with Gasteiger partial charge in [-0.2, -0.15) is 0 Å². The van der Waals surface area contributed by atoms with E-state index in [0.29, 0.717) is 13.1 Å². The molecule has 400 valence electrons. The molecule has 4 N–H and O–H groups in total. The third-order valence-electron chi connectivity index (χ3n) is 13.7. The molecule has 0 spiro atoms. The van der Waals surface area contributed by atoms with Gasteiger partial charge in [-0.1, -0.05) is 207 Å². The van der Waals surface area contributed by atoms with Crippen LogP contribution in [-0.2, 0) is 28.7 Å². The second-order valence-corrected chi connectivity index (χ2v) is 20.4. The van der Waals surface area contributed by atoms with E-state index in [1.807, 2.05) is 0 Å². The molecule has 0 saturated carbocycles. The van der Waals surface area contributed by atoms with Crippen LogP contribution in [0.15, 0.2) is 0 Å². The number of aliphatic hydroxyl groups excluding tert-OH is 2. The van der Waals surface area contributed by atoms with Crippen LogP contribution >= 0.6 is 0 Å². The summed E-state index contributed by atoms with van der Waals surface area (Å²) in [5.41, 5.74) is 0. The van der Waals surface area contributed by atoms with Gasteiger partial charge in [-0.15, -0.1) is 0 Å². The lowest BCUT2D eigenvalue weighted by molar-refractivity contribution is -0.149. The van der Waals surface area contributed by atoms with E-state index in [0.717, 1.165) is 51.9 Å². The van der Waals surface area contributed by atoms with E-state index in [-0.39, 0.29) is 38.9 Å². The molecule has 1 rings (SSSR count). The molecule has 4 atom stereocenters. The quantitative estimate of drug-likeness (QED) is 0.0342. The van der Waals surface area contributed by atoms with Gasteiger partial charge in [-0.25, -0.2) is 0 Å². The highest BCUT2D eigenvalue weighted by molar-refractivity contribution is 5.97. The predicted molar refractivity (Wildman–Crippen MR) is 280 cm³/mol. The fraction of sp³-hybridized carbons (Fsp3) is 0.929. The molecule has 0 aromatic heterocycles. The molecule has 0 aliphatic carbocycles. The first-order valence-corrected chi connectivity index (χ1v) is 28.9. The zero-order valence-electron chi connectivity index (χ0n) is 44.7. The summed E-state index contributed by atoms with van der Waals surface area (Å²) in [5, 5.41) is 27.1. The van der Waals surface area contributed by atoms with Crippen molar-refractivity contribution in [2.24, 2.45) is 0 Å². The minimum atomic E-state index is -0.897. The van der Waals surface area contributed by atoms with E-state index in [4.69, 9.17) is 9.47 Å². The Bertz CT molecular complexity index is 1080. The minimum Gasteiger partial charge on any atom is -0.463 e. The van der Waals surface area contributed by atoms with Crippen LogP contribution in [0.25, 0.3) is 0 Å². The lowest BCUT2D eigenvalue weighted by Gasteiger charge is -2.29. The summed E-state index contributed by atoms with van der Waals surface area (Å²) in [6.45, 7) is 13.4. The Labute approximate surface area is 417 Å². The van der Waals surface area contributed by atoms with Crippen LogP contribution in [0.2, 0.25) is 0 Å². The Balaban J connectivity index is 2.45. The molecule has 0 bridgehead atoms. The maximum absolute atomic E-state index is 12.9. The first kappa shape index (κ1) is 63.7. The molecule has 12 nitrogen and oxygen atoms in total. The number of nitrogens with zero attached hydrogens (tertiary/aromatic N) is 2. The molecule has 1 fully saturated rings. The van der Waals surface area contributed by atoms with Crippen LogP contribution in [0.5, 0.6) is 0 Å². The number of esters is 2. The first-order valence-electron chi connectivity index (χ1n) is 28.9. The summed E-state index contributed by atoms with van der Waals surface area (Å²) < 4.78 is 10.9. The van der Waals surface area contributed by atoms with Crippen molar-refractivity contribution in [1.82, 2.24) is 20.4 Å². The number of piperazine rings is 1. The molecule has 1 heterocycles. The molecule has 2 amide bonds. The zero-order chi connectivity index (χ0) is 49.7. The highest BCUT2D eigenvalue weighted by Gasteiger charge is 2.34. The van der Waals surface area contributed by atoms with Gasteiger partial charge < -0.3 is 40.1 Å². The number of nitrogens with one attached hydrogen (secondary N) is 2. The Hall–Kier alpha value is -2.28. The van der Waals surface area contributed by atoms with Crippen LogP contribution in [-0.4, -0.2) is 121 Å². The number of carbonyl (C=O) groups excluding carboxylic acids is 4. The minimum absolute atomic E-state index is 0.0667. The van der Waals surface area contributed by atoms with Crippen molar-refractivity contribution in [2.75, 3.05) is 52.5 Å². The SMILES string of the molecule is CCCCCCCCCCN(CCCCCCCCCC)C[C@H](O)COC(=O)CC[C@@H]1NC(=O)[C@H](CCC(=O)OC[C@@H](O)CN(CCCCCCCCCC)CCCCCCCCCC)NC1=O. The summed E-state index contributed by atoms with van der Waals surface area (Å²) in [6, 6.07) is -1.79. The fourth-order valence-corrected chi connectivity index (χ4v) is 9.30. The van der Waals surface area contributed by atoms with Crippen molar-refractivity contribution >= 4 is 23.8 Å². The van der Waals surface area contributed by atoms with E-state index in [2.05, 4.69) is 48.1 Å². The highest BCUT2D eigenvalue weighted by Crippen LogP contribution is 2.15. The van der Waals surface area contributed by atoms with Gasteiger partial charge in [0, 0.05) is 25.9 Å². The van der Waals surface area contributed by atoms with Crippen molar-refractivity contribution in [1.29, 1.82) is 0 Å². The summed E-state index contributed by atoms with van der Waals surface area (Å²) in [5.74, 6) is -1.89. The standard InChI is InChI=1S/C56H108N4O8/c1-5-9-13-17-21-25-29-33-41-59(42-34-30-26-22-18-14-10-6-2)45-49(61)47-67-53(63)39-37-51-55(65)58-52(56(66)57-51)38-40-54(64)68-48-50(62)46-60(43-35-31-27-23-19-15-11-7-3)44-36-32-28-24-20-16-12-8-4/h49-52,61-62H,5-48H2,1-4H3,(H,57,66)(H,58,65)/t49-,50-,51-,52-/m0/s1. The fourth-order valence-electron chi connectivity index (χ4n) is 9.30. The van der Waals surface area contributed by atoms with Crippen molar-refractivity contribution in [2.45, 2.75) is 283 Å². The maximum atomic E-state index is 12.9. The van der Waals surface area contributed by atoms with E-state index >= 15 is 0 Å². The first-order chi connectivity index (χ1) is 33.1. The van der Waals surface area contributed by atoms with Gasteiger partial charge in [-0.3, -0.25) is 19.2 Å². The van der Waals surface area contributed by atoms with Gasteiger partial charge >= 0.3 is 11.9 Å². The van der Waals surface area contributed by atoms with E-state index in [9.17, 15) is 29.4 Å². The van der Waals surface area contributed by atoms with Crippen LogP contribution in [0.1, 0.15) is 259 Å². The topological polar surface area (TPSA) is 158 Å². The van der Waals surface area contributed by atoms with Gasteiger partial charge in [0.1, 0.15) is 37.5 Å². The number of hydrogen-bond donors (Lipinski definition) is 4. The smallest absolute Gasteiger partial charge is 0.305 e. The lowest BCUT2D eigenvalue weighted by atomic mass is 10.0. The van der Waals surface area contributed by atoms with Gasteiger partial charge in [0.05, 0.1) is 0 Å². The van der Waals surface area contributed by atoms with Crippen LogP contribution in [0.4, 0.5) is 0 Å². The van der Waals surface area contributed by atoms with E-state index < -0.39 is 48.0 Å². The predicted octanol–water partition coefficient (Wildman–Crippen LogP) is 11.5. The average Bonchev–Trinajstić information content (AvgIpc) is 3.32. The number of aliphatic hydroxyl groups is 2. The van der Waals surface area contributed by atoms with Crippen LogP contribution < -0.4 is 10.6 Å². The molecule has 1 aliphatic heterocycles. The molecule has 0 unspecified atom stereocenters. The number of carbonyl (C=O) groups is 4. The second-order valence-electron chi connectivity index (χ2n) is 20.4. The number of hydrogen-bond acceptors (Lipinski definition) is 10. The van der Waals surface area contributed by atoms with E-state index in [1.54, 1.807) is 0 Å². The Morgan fingerprint density at radius 1 is 0.426 bits per heavy atom. The van der Waals surface area contributed by atoms with Gasteiger partial charge in [0.2, 0.25) is 11.8 Å². The maximum Gasteiger partial charge on any atom is 0.305 e. The lowest BCUT2D eigenvalue weighted by Crippen LogP contribution is -2.61. The summed E-state index contributed by atoms with van der Waals surface area (Å²) in [7, 11) is 0. The van der Waals surface area contributed by atoms with Crippen molar-refractivity contribution in [3.8, 4) is 0 Å². The molecule has 12 heteroatoms. The van der Waals surface area contributed by atoms with Gasteiger partial charge in [0.25, 0.3) is 0 Å². The average molecular weight is 965 g/mol. The van der Waals surface area contributed by atoms with Crippen molar-refractivity contribution in [3.63, 3.8) is 0 Å². The number of amides is 2. The summed E-state index contributed by atoms with van der Waals surface area (Å²) in [4.78, 5) is 55.9. The van der Waals surface area contributed by atoms with Crippen LogP contribution in [0, 0.1) is 0 Å². The molecule has 1 saturated heterocycles. The normalized spacial score (nSPS) is 16.0. The van der Waals surface area contributed by atoms with Gasteiger partial charge in [-0.05, 0) is 64.7 Å². The second kappa shape index (κ2) is 45.8. The monoisotopic (exact) mass is 965 g/mol. The Kier molecular flexibility index (Phi) is 43.0. The third kappa shape index (κ3) is 37.5.